The zero-order valence-electron chi connectivity index (χ0n) is 49.3. The van der Waals surface area contributed by atoms with E-state index in [1.54, 1.807) is 0 Å². The monoisotopic (exact) mass is 1060 g/mol. The maximum Gasteiger partial charge on any atom is 0.306 e. The van der Waals surface area contributed by atoms with Gasteiger partial charge in [-0.05, 0) is 96.0 Å². The molecule has 0 aromatic rings. The summed E-state index contributed by atoms with van der Waals surface area (Å²) in [5.41, 5.74) is 0. The van der Waals surface area contributed by atoms with E-state index in [9.17, 15) is 19.0 Å². The molecule has 10 heteroatoms. The van der Waals surface area contributed by atoms with Crippen LogP contribution < -0.4 is 10.2 Å². The Morgan fingerprint density at radius 1 is 0.473 bits per heavy atom. The van der Waals surface area contributed by atoms with Crippen molar-refractivity contribution in [2.75, 3.05) is 40.9 Å². The van der Waals surface area contributed by atoms with E-state index >= 15 is 0 Å². The Morgan fingerprint density at radius 2 is 0.824 bits per heavy atom. The number of phosphoric acid groups is 1. The molecule has 0 aliphatic rings. The summed E-state index contributed by atoms with van der Waals surface area (Å²) in [4.78, 5) is 40.0. The van der Waals surface area contributed by atoms with Gasteiger partial charge in [-0.3, -0.25) is 14.2 Å². The molecule has 0 fully saturated rings. The lowest BCUT2D eigenvalue weighted by Gasteiger charge is -2.30. The first-order valence-electron chi connectivity index (χ1n) is 31.1. The Hall–Kier alpha value is -2.29. The number of esters is 1. The number of hydrogen-bond donors (Lipinski definition) is 1. The number of rotatable bonds is 56. The summed E-state index contributed by atoms with van der Waals surface area (Å²) >= 11 is 0. The summed E-state index contributed by atoms with van der Waals surface area (Å²) in [5, 5.41) is 3.03. The van der Waals surface area contributed by atoms with Crippen LogP contribution in [-0.4, -0.2) is 69.4 Å². The number of unbranched alkanes of at least 4 members (excludes halogenated alkanes) is 32. The Bertz CT molecular complexity index is 1450. The van der Waals surface area contributed by atoms with Crippen molar-refractivity contribution in [2.45, 2.75) is 296 Å². The summed E-state index contributed by atoms with van der Waals surface area (Å²) in [7, 11) is 1.18. The summed E-state index contributed by atoms with van der Waals surface area (Å²) < 4.78 is 30.3. The summed E-state index contributed by atoms with van der Waals surface area (Å²) in [6.07, 6.45) is 67.5. The van der Waals surface area contributed by atoms with Crippen LogP contribution in [0, 0.1) is 0 Å². The van der Waals surface area contributed by atoms with Gasteiger partial charge < -0.3 is 28.5 Å². The molecule has 432 valence electrons. The summed E-state index contributed by atoms with van der Waals surface area (Å²) in [5.74, 6) is -0.550. The van der Waals surface area contributed by atoms with Crippen molar-refractivity contribution in [3.63, 3.8) is 0 Å². The molecule has 0 aromatic heterocycles. The van der Waals surface area contributed by atoms with Crippen LogP contribution in [0.15, 0.2) is 60.8 Å². The predicted octanol–water partition coefficient (Wildman–Crippen LogP) is 18.4. The van der Waals surface area contributed by atoms with Crippen LogP contribution in [0.5, 0.6) is 0 Å². The van der Waals surface area contributed by atoms with E-state index in [4.69, 9.17) is 13.8 Å². The molecule has 74 heavy (non-hydrogen) atoms. The number of carbonyl (C=O) groups excluding carboxylic acids is 2. The Morgan fingerprint density at radius 3 is 1.24 bits per heavy atom. The number of allylic oxidation sites excluding steroid dienone is 9. The molecule has 0 saturated carbocycles. The number of amides is 1. The van der Waals surface area contributed by atoms with Crippen molar-refractivity contribution in [2.24, 2.45) is 0 Å². The Kier molecular flexibility index (Phi) is 52.4. The molecule has 0 saturated heterocycles. The van der Waals surface area contributed by atoms with E-state index < -0.39 is 26.6 Å². The van der Waals surface area contributed by atoms with Gasteiger partial charge >= 0.3 is 5.97 Å². The molecule has 0 heterocycles. The van der Waals surface area contributed by atoms with Crippen LogP contribution in [-0.2, 0) is 27.9 Å². The molecule has 1 N–H and O–H groups in total. The molecule has 0 spiro atoms. The SMILES string of the molecule is CCCCC/C=C\C/C=C\CCCCCCCCCCCC(=O)OC(/C=C/CCCCCCCCCCCC)C(COP(=O)([O-])OCC[N+](C)(C)C)NC(=O)CCCCCCCCC/C=C\C/C=C\CCCCC. The van der Waals surface area contributed by atoms with Gasteiger partial charge in [-0.1, -0.05) is 236 Å². The van der Waals surface area contributed by atoms with Gasteiger partial charge in [0.15, 0.2) is 0 Å². The maximum atomic E-state index is 13.5. The second-order valence-corrected chi connectivity index (χ2v) is 23.6. The van der Waals surface area contributed by atoms with Crippen molar-refractivity contribution in [3.05, 3.63) is 60.8 Å². The summed E-state index contributed by atoms with van der Waals surface area (Å²) in [6, 6.07) is -0.895. The van der Waals surface area contributed by atoms with Crippen LogP contribution in [0.25, 0.3) is 0 Å². The lowest BCUT2D eigenvalue weighted by Crippen LogP contribution is -2.47. The molecule has 0 bridgehead atoms. The molecule has 0 aromatic carbocycles. The van der Waals surface area contributed by atoms with Crippen molar-refractivity contribution in [3.8, 4) is 0 Å². The molecule has 3 unspecified atom stereocenters. The van der Waals surface area contributed by atoms with E-state index in [1.807, 2.05) is 33.3 Å². The normalized spacial score (nSPS) is 14.1. The number of phosphoric ester groups is 1. The van der Waals surface area contributed by atoms with Crippen LogP contribution in [0.1, 0.15) is 284 Å². The Labute approximate surface area is 458 Å². The maximum absolute atomic E-state index is 13.5. The highest BCUT2D eigenvalue weighted by atomic mass is 31.2. The van der Waals surface area contributed by atoms with Gasteiger partial charge in [0.25, 0.3) is 7.82 Å². The van der Waals surface area contributed by atoms with Gasteiger partial charge in [-0.25, -0.2) is 0 Å². The van der Waals surface area contributed by atoms with E-state index in [-0.39, 0.29) is 24.9 Å². The fraction of sp³-hybridized carbons (Fsp3) is 0.812. The second-order valence-electron chi connectivity index (χ2n) is 22.2. The average Bonchev–Trinajstić information content (AvgIpc) is 3.36. The molecular formula is C64H119N2O7P. The quantitative estimate of drug-likeness (QED) is 0.0212. The zero-order valence-corrected chi connectivity index (χ0v) is 50.2. The largest absolute Gasteiger partial charge is 0.756 e. The van der Waals surface area contributed by atoms with E-state index in [1.165, 1.54) is 154 Å². The molecule has 9 nitrogen and oxygen atoms in total. The molecule has 3 atom stereocenters. The minimum Gasteiger partial charge on any atom is -0.756 e. The molecule has 1 amide bonds. The lowest BCUT2D eigenvalue weighted by atomic mass is 10.0. The molecule has 0 aliphatic carbocycles. The molecule has 0 radical (unpaired) electrons. The number of nitrogens with zero attached hydrogens (tertiary/aromatic N) is 1. The number of carbonyl (C=O) groups is 2. The topological polar surface area (TPSA) is 114 Å². The predicted molar refractivity (Wildman–Crippen MR) is 316 cm³/mol. The van der Waals surface area contributed by atoms with E-state index in [2.05, 4.69) is 74.7 Å². The smallest absolute Gasteiger partial charge is 0.306 e. The molecule has 0 rings (SSSR count). The first-order chi connectivity index (χ1) is 35.9. The molecular weight excluding hydrogens is 940 g/mol. The highest BCUT2D eigenvalue weighted by molar-refractivity contribution is 7.45. The number of nitrogens with one attached hydrogen (secondary N) is 1. The lowest BCUT2D eigenvalue weighted by molar-refractivity contribution is -0.870. The van der Waals surface area contributed by atoms with E-state index in [0.29, 0.717) is 17.4 Å². The standard InChI is InChI=1S/C64H119N2O7P/c1-7-10-13-16-19-22-25-28-30-32-33-35-37-39-42-45-48-51-54-57-64(68)73-62(55-52-49-46-43-40-27-24-21-18-15-12-9-3)61(60-72-74(69,70)71-59-58-66(4,5)6)65-63(67)56-53-50-47-44-41-38-36-34-31-29-26-23-20-17-14-11-8-2/h19-20,22-23,28-31,52,55,61-62H,7-18,21,24-27,32-51,53-54,56-60H2,1-6H3,(H-,65,67,69,70)/b22-19-,23-20-,30-28-,31-29-,55-52+. The third-order valence-corrected chi connectivity index (χ3v) is 14.6. The first-order valence-corrected chi connectivity index (χ1v) is 32.6. The third-order valence-electron chi connectivity index (χ3n) is 13.7. The van der Waals surface area contributed by atoms with Crippen molar-refractivity contribution >= 4 is 19.7 Å². The summed E-state index contributed by atoms with van der Waals surface area (Å²) in [6.45, 7) is 6.80. The van der Waals surface area contributed by atoms with Gasteiger partial charge in [-0.15, -0.1) is 0 Å². The number of quaternary nitrogens is 1. The fourth-order valence-electron chi connectivity index (χ4n) is 8.82. The van der Waals surface area contributed by atoms with Gasteiger partial charge in [0.2, 0.25) is 5.91 Å². The minimum absolute atomic E-state index is 0.0256. The van der Waals surface area contributed by atoms with Gasteiger partial charge in [-0.2, -0.15) is 0 Å². The van der Waals surface area contributed by atoms with Crippen LogP contribution >= 0.6 is 7.82 Å². The minimum atomic E-state index is -4.70. The number of likely N-dealkylation sites (N-methyl/N-ethyl adjacent to an activating group) is 1. The van der Waals surface area contributed by atoms with Crippen molar-refractivity contribution in [1.29, 1.82) is 0 Å². The van der Waals surface area contributed by atoms with Crippen molar-refractivity contribution in [1.82, 2.24) is 5.32 Å². The fourth-order valence-corrected chi connectivity index (χ4v) is 9.54. The van der Waals surface area contributed by atoms with Gasteiger partial charge in [0, 0.05) is 12.8 Å². The van der Waals surface area contributed by atoms with Gasteiger partial charge in [0.05, 0.1) is 33.8 Å². The number of hydrogen-bond acceptors (Lipinski definition) is 7. The van der Waals surface area contributed by atoms with Crippen LogP contribution in [0.4, 0.5) is 0 Å². The first kappa shape index (κ1) is 71.7. The van der Waals surface area contributed by atoms with Gasteiger partial charge in [0.1, 0.15) is 19.3 Å². The second kappa shape index (κ2) is 54.1. The zero-order chi connectivity index (χ0) is 54.3. The average molecular weight is 1060 g/mol. The number of ether oxygens (including phenoxy) is 1. The highest BCUT2D eigenvalue weighted by Gasteiger charge is 2.27. The van der Waals surface area contributed by atoms with Crippen molar-refractivity contribution < 1.29 is 37.3 Å². The Balaban J connectivity index is 5.27. The van der Waals surface area contributed by atoms with E-state index in [0.717, 1.165) is 96.3 Å². The molecule has 0 aliphatic heterocycles. The highest BCUT2D eigenvalue weighted by Crippen LogP contribution is 2.38. The third kappa shape index (κ3) is 54.5. The van der Waals surface area contributed by atoms with Crippen LogP contribution in [0.3, 0.4) is 0 Å². The van der Waals surface area contributed by atoms with Crippen LogP contribution in [0.2, 0.25) is 0 Å².